The molecule has 1 N–H and O–H groups in total. The van der Waals surface area contributed by atoms with Crippen molar-refractivity contribution in [2.75, 3.05) is 7.05 Å². The third-order valence-corrected chi connectivity index (χ3v) is 2.78. The normalized spacial score (nSPS) is 12.7. The lowest BCUT2D eigenvalue weighted by molar-refractivity contribution is -0.143. The van der Waals surface area contributed by atoms with E-state index in [0.717, 1.165) is 4.90 Å². The van der Waals surface area contributed by atoms with Gasteiger partial charge in [-0.15, -0.1) is 0 Å². The predicted octanol–water partition coefficient (Wildman–Crippen LogP) is 2.84. The van der Waals surface area contributed by atoms with E-state index in [0.29, 0.717) is 10.0 Å². The van der Waals surface area contributed by atoms with Gasteiger partial charge in [0.05, 0.1) is 0 Å². The van der Waals surface area contributed by atoms with Gasteiger partial charge in [0.25, 0.3) is 0 Å². The number of hydrogen-bond acceptors (Lipinski definition) is 4. The summed E-state index contributed by atoms with van der Waals surface area (Å²) in [6.45, 7) is 5.15. The molecule has 6 nitrogen and oxygen atoms in total. The summed E-state index contributed by atoms with van der Waals surface area (Å²) in [5.74, 6) is -1.15. The van der Waals surface area contributed by atoms with E-state index in [-0.39, 0.29) is 0 Å². The highest BCUT2D eigenvalue weighted by atomic mass is 79.9. The zero-order valence-electron chi connectivity index (χ0n) is 11.8. The maximum absolute atomic E-state index is 12.0. The van der Waals surface area contributed by atoms with Gasteiger partial charge in [-0.25, -0.2) is 9.59 Å². The second-order valence-corrected chi connectivity index (χ2v) is 6.18. The summed E-state index contributed by atoms with van der Waals surface area (Å²) in [6, 6.07) is 0.446. The minimum atomic E-state index is -1.16. The molecule has 1 unspecified atom stereocenters. The van der Waals surface area contributed by atoms with Crippen molar-refractivity contribution in [1.29, 1.82) is 0 Å². The number of likely N-dealkylation sites (N-methyl/N-ethyl adjacent to an activating group) is 1. The SMILES string of the molecule is CN(C(=O)OC(C)(C)C)C(C(=O)O)c1cncc(Br)c1. The third-order valence-electron chi connectivity index (χ3n) is 2.34. The van der Waals surface area contributed by atoms with Gasteiger partial charge < -0.3 is 9.84 Å². The van der Waals surface area contributed by atoms with Crippen molar-refractivity contribution in [3.05, 3.63) is 28.5 Å². The molecule has 0 aliphatic rings. The number of aromatic nitrogens is 1. The van der Waals surface area contributed by atoms with E-state index in [9.17, 15) is 14.7 Å². The number of carbonyl (C=O) groups is 2. The first-order valence-electron chi connectivity index (χ1n) is 5.91. The minimum Gasteiger partial charge on any atom is -0.479 e. The average Bonchev–Trinajstić information content (AvgIpc) is 2.26. The maximum atomic E-state index is 12.0. The molecule has 0 radical (unpaired) electrons. The molecule has 1 aromatic rings. The van der Waals surface area contributed by atoms with Gasteiger partial charge in [-0.3, -0.25) is 9.88 Å². The van der Waals surface area contributed by atoms with Crippen LogP contribution in [0.15, 0.2) is 22.9 Å². The first-order valence-corrected chi connectivity index (χ1v) is 6.70. The largest absolute Gasteiger partial charge is 0.479 e. The van der Waals surface area contributed by atoms with Crippen molar-refractivity contribution in [2.24, 2.45) is 0 Å². The summed E-state index contributed by atoms with van der Waals surface area (Å²) in [6.07, 6.45) is 2.24. The molecular weight excluding hydrogens is 328 g/mol. The Bertz CT molecular complexity index is 513. The van der Waals surface area contributed by atoms with Crippen LogP contribution >= 0.6 is 15.9 Å². The number of amides is 1. The molecule has 0 spiro atoms. The van der Waals surface area contributed by atoms with Crippen molar-refractivity contribution in [3.63, 3.8) is 0 Å². The molecular formula is C13H17BrN2O4. The van der Waals surface area contributed by atoms with Crippen molar-refractivity contribution < 1.29 is 19.4 Å². The van der Waals surface area contributed by atoms with E-state index < -0.39 is 23.7 Å². The smallest absolute Gasteiger partial charge is 0.411 e. The van der Waals surface area contributed by atoms with Gasteiger partial charge in [0, 0.05) is 29.5 Å². The lowest BCUT2D eigenvalue weighted by Crippen LogP contribution is -2.39. The summed E-state index contributed by atoms with van der Waals surface area (Å²) in [5.41, 5.74) is -0.301. The van der Waals surface area contributed by atoms with Gasteiger partial charge in [0.1, 0.15) is 5.60 Å². The number of pyridine rings is 1. The number of nitrogens with zero attached hydrogens (tertiary/aromatic N) is 2. The standard InChI is InChI=1S/C13H17BrN2O4/c1-13(2,3)20-12(19)16(4)10(11(17)18)8-5-9(14)7-15-6-8/h5-7,10H,1-4H3,(H,17,18). The third kappa shape index (κ3) is 4.48. The first kappa shape index (κ1) is 16.4. The lowest BCUT2D eigenvalue weighted by Gasteiger charge is -2.28. The Morgan fingerprint density at radius 3 is 2.45 bits per heavy atom. The molecule has 20 heavy (non-hydrogen) atoms. The van der Waals surface area contributed by atoms with Crippen molar-refractivity contribution >= 4 is 28.0 Å². The molecule has 0 aliphatic carbocycles. The number of halogens is 1. The molecule has 1 aromatic heterocycles. The van der Waals surface area contributed by atoms with Crippen molar-refractivity contribution in [1.82, 2.24) is 9.88 Å². The fraction of sp³-hybridized carbons (Fsp3) is 0.462. The molecule has 0 saturated carbocycles. The van der Waals surface area contributed by atoms with Crippen LogP contribution in [0.1, 0.15) is 32.4 Å². The van der Waals surface area contributed by atoms with E-state index in [1.807, 2.05) is 0 Å². The van der Waals surface area contributed by atoms with Gasteiger partial charge in [-0.1, -0.05) is 0 Å². The molecule has 0 aromatic carbocycles. The molecule has 1 atom stereocenters. The number of ether oxygens (including phenoxy) is 1. The van der Waals surface area contributed by atoms with Gasteiger partial charge in [-0.05, 0) is 42.8 Å². The monoisotopic (exact) mass is 344 g/mol. The van der Waals surface area contributed by atoms with Gasteiger partial charge >= 0.3 is 12.1 Å². The van der Waals surface area contributed by atoms with E-state index >= 15 is 0 Å². The molecule has 1 rings (SSSR count). The Balaban J connectivity index is 3.03. The highest BCUT2D eigenvalue weighted by molar-refractivity contribution is 9.10. The number of carboxylic acid groups (broad SMARTS) is 1. The van der Waals surface area contributed by atoms with Crippen LogP contribution in [0, 0.1) is 0 Å². The number of hydrogen-bond donors (Lipinski definition) is 1. The molecule has 110 valence electrons. The van der Waals surface area contributed by atoms with E-state index in [1.54, 1.807) is 26.8 Å². The van der Waals surface area contributed by atoms with Crippen LogP contribution in [-0.2, 0) is 9.53 Å². The molecule has 1 heterocycles. The predicted molar refractivity (Wildman–Crippen MR) is 76.3 cm³/mol. The van der Waals surface area contributed by atoms with E-state index in [2.05, 4.69) is 20.9 Å². The van der Waals surface area contributed by atoms with Gasteiger partial charge in [0.15, 0.2) is 6.04 Å². The fourth-order valence-electron chi connectivity index (χ4n) is 1.55. The minimum absolute atomic E-state index is 0.389. The van der Waals surface area contributed by atoms with Crippen LogP contribution in [0.5, 0.6) is 0 Å². The van der Waals surface area contributed by atoms with Crippen LogP contribution in [-0.4, -0.2) is 39.7 Å². The zero-order chi connectivity index (χ0) is 15.5. The Morgan fingerprint density at radius 2 is 2.00 bits per heavy atom. The number of aliphatic carboxylic acids is 1. The second-order valence-electron chi connectivity index (χ2n) is 5.27. The molecule has 1 amide bonds. The summed E-state index contributed by atoms with van der Waals surface area (Å²) >= 11 is 3.22. The van der Waals surface area contributed by atoms with Crippen LogP contribution in [0.4, 0.5) is 4.79 Å². The van der Waals surface area contributed by atoms with Gasteiger partial charge in [-0.2, -0.15) is 0 Å². The van der Waals surface area contributed by atoms with Crippen LogP contribution in [0.3, 0.4) is 0 Å². The zero-order valence-corrected chi connectivity index (χ0v) is 13.3. The van der Waals surface area contributed by atoms with Crippen molar-refractivity contribution in [2.45, 2.75) is 32.4 Å². The lowest BCUT2D eigenvalue weighted by atomic mass is 10.1. The quantitative estimate of drug-likeness (QED) is 0.911. The molecule has 0 saturated heterocycles. The number of carboxylic acids is 1. The van der Waals surface area contributed by atoms with E-state index in [4.69, 9.17) is 4.74 Å². The summed E-state index contributed by atoms with van der Waals surface area (Å²) in [7, 11) is 1.38. The van der Waals surface area contributed by atoms with Crippen molar-refractivity contribution in [3.8, 4) is 0 Å². The van der Waals surface area contributed by atoms with Crippen LogP contribution < -0.4 is 0 Å². The van der Waals surface area contributed by atoms with Crippen LogP contribution in [0.2, 0.25) is 0 Å². The van der Waals surface area contributed by atoms with Crippen LogP contribution in [0.25, 0.3) is 0 Å². The Labute approximate surface area is 125 Å². The number of rotatable bonds is 3. The topological polar surface area (TPSA) is 79.7 Å². The van der Waals surface area contributed by atoms with E-state index in [1.165, 1.54) is 19.4 Å². The van der Waals surface area contributed by atoms with Gasteiger partial charge in [0.2, 0.25) is 0 Å². The summed E-state index contributed by atoms with van der Waals surface area (Å²) in [5, 5.41) is 9.34. The first-order chi connectivity index (χ1) is 9.11. The average molecular weight is 345 g/mol. The molecule has 0 aliphatic heterocycles. The number of carbonyl (C=O) groups excluding carboxylic acids is 1. The molecule has 0 fully saturated rings. The Kier molecular flexibility index (Phi) is 5.10. The fourth-order valence-corrected chi connectivity index (χ4v) is 1.93. The highest BCUT2D eigenvalue weighted by Gasteiger charge is 2.31. The second kappa shape index (κ2) is 6.21. The Hall–Kier alpha value is -1.63. The molecule has 7 heteroatoms. The summed E-state index contributed by atoms with van der Waals surface area (Å²) in [4.78, 5) is 28.4. The molecule has 0 bridgehead atoms. The summed E-state index contributed by atoms with van der Waals surface area (Å²) < 4.78 is 5.81. The maximum Gasteiger partial charge on any atom is 0.411 e. The Morgan fingerprint density at radius 1 is 1.40 bits per heavy atom. The highest BCUT2D eigenvalue weighted by Crippen LogP contribution is 2.23.